The van der Waals surface area contributed by atoms with Crippen molar-refractivity contribution in [2.24, 2.45) is 12.0 Å². The second kappa shape index (κ2) is 10.5. The minimum atomic E-state index is -0.122. The van der Waals surface area contributed by atoms with E-state index in [-0.39, 0.29) is 22.5 Å². The average Bonchev–Trinajstić information content (AvgIpc) is 3.34. The summed E-state index contributed by atoms with van der Waals surface area (Å²) < 4.78 is 5.74. The molecule has 0 saturated heterocycles. The third-order valence-electron chi connectivity index (χ3n) is 6.06. The molecule has 178 valence electrons. The Balaban J connectivity index is 0.00000289. The lowest BCUT2D eigenvalue weighted by Crippen LogP contribution is -2.20. The van der Waals surface area contributed by atoms with Crippen LogP contribution in [0.1, 0.15) is 16.8 Å². The molecule has 5 aromatic rings. The summed E-state index contributed by atoms with van der Waals surface area (Å²) in [5.41, 5.74) is 6.61. The molecule has 2 heterocycles. The van der Waals surface area contributed by atoms with E-state index in [9.17, 15) is 4.79 Å². The van der Waals surface area contributed by atoms with Gasteiger partial charge in [0.15, 0.2) is 10.5 Å². The Hall–Kier alpha value is -3.42. The first kappa shape index (κ1) is 24.7. The van der Waals surface area contributed by atoms with Crippen LogP contribution < -0.4 is 10.4 Å². The fourth-order valence-corrected chi connectivity index (χ4v) is 4.99. The van der Waals surface area contributed by atoms with E-state index >= 15 is 0 Å². The lowest BCUT2D eigenvalue weighted by atomic mass is 10.1. The first-order chi connectivity index (χ1) is 16.5. The predicted molar refractivity (Wildman–Crippen MR) is 149 cm³/mol. The predicted octanol–water partition coefficient (Wildman–Crippen LogP) is 6.18. The number of hydrogen-bond acceptors (Lipinski definition) is 3. The molecule has 7 heteroatoms. The van der Waals surface area contributed by atoms with Gasteiger partial charge in [-0.2, -0.15) is 0 Å². The monoisotopic (exact) mass is 546 g/mol. The molecule has 0 fully saturated rings. The van der Waals surface area contributed by atoms with Gasteiger partial charge in [-0.15, -0.1) is 28.3 Å². The Labute approximate surface area is 219 Å². The molecule has 0 saturated carbocycles. The number of thiazole rings is 1. The molecule has 0 bridgehead atoms. The molecule has 35 heavy (non-hydrogen) atoms. The fourth-order valence-electron chi connectivity index (χ4n) is 4.07. The van der Waals surface area contributed by atoms with E-state index in [2.05, 4.69) is 53.3 Å². The van der Waals surface area contributed by atoms with Crippen molar-refractivity contribution in [2.45, 2.75) is 20.4 Å². The van der Waals surface area contributed by atoms with Crippen molar-refractivity contribution in [1.29, 1.82) is 0 Å². The Bertz CT molecular complexity index is 1560. The van der Waals surface area contributed by atoms with Gasteiger partial charge in [-0.1, -0.05) is 78.4 Å². The Morgan fingerprint density at radius 1 is 0.857 bits per heavy atom. The molecule has 0 spiro atoms. The maximum absolute atomic E-state index is 13.4. The number of halogens is 1. The molecule has 0 amide bonds. The smallest absolute Gasteiger partial charge is 0.297 e. The fraction of sp³-hybridized carbons (Fsp3) is 0.143. The number of nitrogens with zero attached hydrogens (tertiary/aromatic N) is 4. The van der Waals surface area contributed by atoms with Crippen LogP contribution >= 0.6 is 28.3 Å². The Morgan fingerprint density at radius 3 is 2.14 bits per heavy atom. The highest BCUT2D eigenvalue weighted by Gasteiger charge is 2.17. The van der Waals surface area contributed by atoms with E-state index in [1.165, 1.54) is 11.1 Å². The van der Waals surface area contributed by atoms with Crippen molar-refractivity contribution in [3.8, 4) is 16.9 Å². The van der Waals surface area contributed by atoms with Crippen LogP contribution in [0.2, 0.25) is 0 Å². The zero-order valence-electron chi connectivity index (χ0n) is 19.9. The van der Waals surface area contributed by atoms with Crippen molar-refractivity contribution in [1.82, 2.24) is 13.9 Å². The third-order valence-corrected chi connectivity index (χ3v) is 6.92. The molecule has 5 nitrogen and oxygen atoms in total. The zero-order chi connectivity index (χ0) is 23.7. The molecule has 3 aromatic carbocycles. The number of para-hydroxylation sites is 1. The van der Waals surface area contributed by atoms with Gasteiger partial charge in [-0.25, -0.2) is 9.67 Å². The molecule has 0 aliphatic carbocycles. The van der Waals surface area contributed by atoms with Crippen LogP contribution in [0.15, 0.2) is 100 Å². The zero-order valence-corrected chi connectivity index (χ0v) is 22.4. The summed E-state index contributed by atoms with van der Waals surface area (Å²) in [6.45, 7) is 4.70. The number of aryl methyl sites for hydroxylation is 1. The van der Waals surface area contributed by atoms with Gasteiger partial charge in [0.25, 0.3) is 5.56 Å². The molecule has 0 unspecified atom stereocenters. The second-order valence-electron chi connectivity index (χ2n) is 8.36. The number of benzene rings is 3. The van der Waals surface area contributed by atoms with Crippen molar-refractivity contribution >= 4 is 34.0 Å². The number of aromatic nitrogens is 3. The van der Waals surface area contributed by atoms with Gasteiger partial charge in [0, 0.05) is 12.4 Å². The maximum atomic E-state index is 13.4. The Kier molecular flexibility index (Phi) is 7.38. The summed E-state index contributed by atoms with van der Waals surface area (Å²) in [6, 6.07) is 28.5. The summed E-state index contributed by atoms with van der Waals surface area (Å²) in [5.74, 6) is 0. The highest BCUT2D eigenvalue weighted by molar-refractivity contribution is 8.93. The van der Waals surface area contributed by atoms with E-state index in [1.807, 2.05) is 67.2 Å². The van der Waals surface area contributed by atoms with Gasteiger partial charge in [0.2, 0.25) is 0 Å². The minimum absolute atomic E-state index is 0. The van der Waals surface area contributed by atoms with Crippen LogP contribution in [-0.2, 0) is 13.6 Å². The van der Waals surface area contributed by atoms with E-state index in [1.54, 1.807) is 16.0 Å². The quantitative estimate of drug-likeness (QED) is 0.259. The van der Waals surface area contributed by atoms with Crippen molar-refractivity contribution < 1.29 is 0 Å². The lowest BCUT2D eigenvalue weighted by Gasteiger charge is -2.10. The highest BCUT2D eigenvalue weighted by atomic mass is 79.9. The Morgan fingerprint density at radius 2 is 1.49 bits per heavy atom. The molecular formula is C28H27BrN4OS. The van der Waals surface area contributed by atoms with Gasteiger partial charge in [0.05, 0.1) is 23.6 Å². The third kappa shape index (κ3) is 4.88. The summed E-state index contributed by atoms with van der Waals surface area (Å²) in [4.78, 5) is 19.2. The van der Waals surface area contributed by atoms with Crippen LogP contribution in [0.3, 0.4) is 0 Å². The molecule has 0 aliphatic heterocycles. The van der Waals surface area contributed by atoms with Crippen LogP contribution in [0, 0.1) is 13.8 Å². The van der Waals surface area contributed by atoms with Crippen LogP contribution in [0.25, 0.3) is 16.9 Å². The van der Waals surface area contributed by atoms with Crippen LogP contribution in [0.4, 0.5) is 5.69 Å². The van der Waals surface area contributed by atoms with E-state index in [0.29, 0.717) is 12.2 Å². The van der Waals surface area contributed by atoms with Gasteiger partial charge in [-0.05, 0) is 37.1 Å². The molecule has 0 N–H and O–H groups in total. The van der Waals surface area contributed by atoms with Crippen LogP contribution in [-0.4, -0.2) is 13.9 Å². The van der Waals surface area contributed by atoms with Gasteiger partial charge < -0.3 is 4.57 Å². The first-order valence-corrected chi connectivity index (χ1v) is 12.1. The summed E-state index contributed by atoms with van der Waals surface area (Å²) >= 11 is 1.56. The SMILES string of the molecule is Br.Cc1ccc(-c2csc(=Nc3c(C)n(C)n(-c4ccccc4)c3=O)n2Cc2ccccc2)cc1. The van der Waals surface area contributed by atoms with Gasteiger partial charge in [0.1, 0.15) is 0 Å². The topological polar surface area (TPSA) is 44.2 Å². The highest BCUT2D eigenvalue weighted by Crippen LogP contribution is 2.23. The standard InChI is InChI=1S/C28H26N4OS.BrH/c1-20-14-16-23(17-15-20)25-19-34-28(31(25)18-22-10-6-4-7-11-22)29-26-21(2)30(3)32(27(26)33)24-12-8-5-9-13-24;/h4-17,19H,18H2,1-3H3;1H. The summed E-state index contributed by atoms with van der Waals surface area (Å²) in [5, 5.41) is 2.13. The molecule has 5 rings (SSSR count). The number of hydrogen-bond donors (Lipinski definition) is 0. The molecule has 2 aromatic heterocycles. The van der Waals surface area contributed by atoms with E-state index in [4.69, 9.17) is 4.99 Å². The lowest BCUT2D eigenvalue weighted by molar-refractivity contribution is 0.630. The van der Waals surface area contributed by atoms with Crippen molar-refractivity contribution in [2.75, 3.05) is 0 Å². The summed E-state index contributed by atoms with van der Waals surface area (Å²) in [7, 11) is 1.90. The largest absolute Gasteiger partial charge is 0.312 e. The van der Waals surface area contributed by atoms with Crippen molar-refractivity contribution in [3.05, 3.63) is 122 Å². The average molecular weight is 548 g/mol. The molecule has 0 radical (unpaired) electrons. The van der Waals surface area contributed by atoms with E-state index in [0.717, 1.165) is 27.4 Å². The normalized spacial score (nSPS) is 11.5. The molecule has 0 aliphatic rings. The van der Waals surface area contributed by atoms with Crippen molar-refractivity contribution in [3.63, 3.8) is 0 Å². The first-order valence-electron chi connectivity index (χ1n) is 11.2. The van der Waals surface area contributed by atoms with E-state index < -0.39 is 0 Å². The van der Waals surface area contributed by atoms with Gasteiger partial charge >= 0.3 is 0 Å². The second-order valence-corrected chi connectivity index (χ2v) is 9.20. The van der Waals surface area contributed by atoms with Gasteiger partial charge in [-0.3, -0.25) is 9.48 Å². The summed E-state index contributed by atoms with van der Waals surface area (Å²) in [6.07, 6.45) is 0. The molecule has 0 atom stereocenters. The maximum Gasteiger partial charge on any atom is 0.297 e. The number of rotatable bonds is 5. The minimum Gasteiger partial charge on any atom is -0.312 e. The van der Waals surface area contributed by atoms with Crippen LogP contribution in [0.5, 0.6) is 0 Å². The molecular weight excluding hydrogens is 520 g/mol.